The minimum Gasteiger partial charge on any atom is -0.368 e. The molecule has 1 aliphatic rings. The molecule has 3 rings (SSSR count). The van der Waals surface area contributed by atoms with Gasteiger partial charge in [0.25, 0.3) is 10.0 Å². The maximum Gasteiger partial charge on any atom is 0.268 e. The van der Waals surface area contributed by atoms with Gasteiger partial charge >= 0.3 is 0 Å². The summed E-state index contributed by atoms with van der Waals surface area (Å²) in [5, 5.41) is 10.4. The van der Waals surface area contributed by atoms with Crippen LogP contribution in [0.1, 0.15) is 11.8 Å². The summed E-state index contributed by atoms with van der Waals surface area (Å²) in [6, 6.07) is 13.1. The van der Waals surface area contributed by atoms with Gasteiger partial charge in [-0.25, -0.2) is 12.7 Å². The van der Waals surface area contributed by atoms with E-state index in [1.807, 2.05) is 0 Å². The van der Waals surface area contributed by atoms with Crippen LogP contribution in [-0.4, -0.2) is 13.5 Å². The van der Waals surface area contributed by atoms with Crippen molar-refractivity contribution in [2.24, 2.45) is 0 Å². The van der Waals surface area contributed by atoms with Crippen LogP contribution in [0.4, 0.5) is 5.69 Å². The summed E-state index contributed by atoms with van der Waals surface area (Å²) in [7, 11) is -3.83. The number of aliphatic hydroxyl groups is 1. The van der Waals surface area contributed by atoms with Crippen LogP contribution in [0.15, 0.2) is 53.4 Å². The van der Waals surface area contributed by atoms with Crippen LogP contribution in [0.5, 0.6) is 0 Å². The molecule has 0 fully saturated rings. The fraction of sp³-hybridized carbons (Fsp3) is 0.0769. The molecule has 0 amide bonds. The highest BCUT2D eigenvalue weighted by Gasteiger charge is 2.43. The normalized spacial score (nSPS) is 20.3. The van der Waals surface area contributed by atoms with E-state index in [0.717, 1.165) is 4.31 Å². The molecule has 0 spiro atoms. The third kappa shape index (κ3) is 1.74. The third-order valence-electron chi connectivity index (χ3n) is 3.03. The highest BCUT2D eigenvalue weighted by molar-refractivity contribution is 7.93. The smallest absolute Gasteiger partial charge is 0.268 e. The molecular formula is C13H10ClNO3S. The first-order chi connectivity index (χ1) is 9.03. The molecule has 0 aliphatic carbocycles. The van der Waals surface area contributed by atoms with Gasteiger partial charge in [-0.1, -0.05) is 41.9 Å². The van der Waals surface area contributed by atoms with Crippen LogP contribution in [-0.2, 0) is 10.0 Å². The number of benzene rings is 2. The summed E-state index contributed by atoms with van der Waals surface area (Å²) in [4.78, 5) is -0.0204. The van der Waals surface area contributed by atoms with Crippen molar-refractivity contribution in [3.8, 4) is 0 Å². The maximum atomic E-state index is 12.5. The lowest BCUT2D eigenvalue weighted by Crippen LogP contribution is -2.27. The molecule has 6 heteroatoms. The minimum atomic E-state index is -3.83. The molecule has 98 valence electrons. The van der Waals surface area contributed by atoms with Crippen LogP contribution in [0.2, 0.25) is 5.02 Å². The molecule has 1 aliphatic heterocycles. The fourth-order valence-electron chi connectivity index (χ4n) is 2.21. The first-order valence-electron chi connectivity index (χ1n) is 5.59. The SMILES string of the molecule is O=S1(=O)c2c(Cl)cccc2C(O)N1c1ccccc1. The number of nitrogens with zero attached hydrogens (tertiary/aromatic N) is 1. The quantitative estimate of drug-likeness (QED) is 0.879. The van der Waals surface area contributed by atoms with Crippen LogP contribution in [0.25, 0.3) is 0 Å². The molecule has 0 saturated heterocycles. The molecule has 4 nitrogen and oxygen atoms in total. The van der Waals surface area contributed by atoms with Gasteiger partial charge in [0.1, 0.15) is 4.90 Å². The largest absolute Gasteiger partial charge is 0.368 e. The van der Waals surface area contributed by atoms with Gasteiger partial charge in [0.05, 0.1) is 10.7 Å². The van der Waals surface area contributed by atoms with Crippen LogP contribution in [0, 0.1) is 0 Å². The van der Waals surface area contributed by atoms with E-state index in [4.69, 9.17) is 11.6 Å². The Morgan fingerprint density at radius 3 is 2.37 bits per heavy atom. The van der Waals surface area contributed by atoms with Gasteiger partial charge in [-0.2, -0.15) is 0 Å². The first-order valence-corrected chi connectivity index (χ1v) is 7.41. The molecule has 0 saturated carbocycles. The number of para-hydroxylation sites is 1. The molecule has 0 bridgehead atoms. The Hall–Kier alpha value is -1.56. The van der Waals surface area contributed by atoms with Crippen LogP contribution in [0.3, 0.4) is 0 Å². The highest BCUT2D eigenvalue weighted by atomic mass is 35.5. The van der Waals surface area contributed by atoms with E-state index in [1.165, 1.54) is 6.07 Å². The van der Waals surface area contributed by atoms with Gasteiger partial charge in [-0.15, -0.1) is 0 Å². The Morgan fingerprint density at radius 1 is 1.05 bits per heavy atom. The van der Waals surface area contributed by atoms with E-state index in [0.29, 0.717) is 11.3 Å². The first kappa shape index (κ1) is 12.5. The van der Waals surface area contributed by atoms with E-state index in [1.54, 1.807) is 42.5 Å². The fourth-order valence-corrected chi connectivity index (χ4v) is 4.44. The number of hydrogen-bond donors (Lipinski definition) is 1. The van der Waals surface area contributed by atoms with E-state index >= 15 is 0 Å². The third-order valence-corrected chi connectivity index (χ3v) is 5.35. The van der Waals surface area contributed by atoms with Gasteiger partial charge in [0.2, 0.25) is 0 Å². The minimum absolute atomic E-state index is 0.0204. The molecule has 0 aromatic heterocycles. The van der Waals surface area contributed by atoms with E-state index in [2.05, 4.69) is 0 Å². The van der Waals surface area contributed by atoms with Crippen molar-refractivity contribution in [2.45, 2.75) is 11.1 Å². The number of fused-ring (bicyclic) bond motifs is 1. The van der Waals surface area contributed by atoms with Crippen molar-refractivity contribution in [1.29, 1.82) is 0 Å². The lowest BCUT2D eigenvalue weighted by Gasteiger charge is -2.21. The zero-order valence-corrected chi connectivity index (χ0v) is 11.3. The lowest BCUT2D eigenvalue weighted by atomic mass is 10.2. The van der Waals surface area contributed by atoms with Gasteiger partial charge in [-0.3, -0.25) is 0 Å². The van der Waals surface area contributed by atoms with Crippen molar-refractivity contribution >= 4 is 27.3 Å². The van der Waals surface area contributed by atoms with Crippen molar-refractivity contribution in [3.05, 3.63) is 59.1 Å². The molecular weight excluding hydrogens is 286 g/mol. The molecule has 19 heavy (non-hydrogen) atoms. The van der Waals surface area contributed by atoms with Crippen LogP contribution >= 0.6 is 11.6 Å². The predicted octanol–water partition coefficient (Wildman–Crippen LogP) is 2.54. The second-order valence-electron chi connectivity index (χ2n) is 4.17. The standard InChI is InChI=1S/C13H10ClNO3S/c14-11-8-4-7-10-12(11)19(17,18)15(13(10)16)9-5-2-1-3-6-9/h1-8,13,16H. The number of sulfonamides is 1. The van der Waals surface area contributed by atoms with Gasteiger partial charge in [-0.05, 0) is 18.2 Å². The predicted molar refractivity (Wildman–Crippen MR) is 72.5 cm³/mol. The summed E-state index contributed by atoms with van der Waals surface area (Å²) >= 11 is 5.96. The van der Waals surface area contributed by atoms with Crippen LogP contribution < -0.4 is 4.31 Å². The maximum absolute atomic E-state index is 12.5. The van der Waals surface area contributed by atoms with Crippen molar-refractivity contribution in [1.82, 2.24) is 0 Å². The average molecular weight is 296 g/mol. The second kappa shape index (κ2) is 4.23. The number of hydrogen-bond acceptors (Lipinski definition) is 3. The molecule has 1 unspecified atom stereocenters. The number of aliphatic hydroxyl groups excluding tert-OH is 1. The Labute approximate surface area is 115 Å². The zero-order chi connectivity index (χ0) is 13.6. The number of anilines is 1. The second-order valence-corrected chi connectivity index (χ2v) is 6.33. The Morgan fingerprint density at radius 2 is 1.74 bits per heavy atom. The van der Waals surface area contributed by atoms with E-state index < -0.39 is 16.3 Å². The zero-order valence-electron chi connectivity index (χ0n) is 9.69. The molecule has 0 radical (unpaired) electrons. The summed E-state index contributed by atoms with van der Waals surface area (Å²) in [5.41, 5.74) is 0.707. The molecule has 1 N–H and O–H groups in total. The summed E-state index contributed by atoms with van der Waals surface area (Å²) in [5.74, 6) is 0. The van der Waals surface area contributed by atoms with Gasteiger partial charge in [0, 0.05) is 5.56 Å². The molecule has 2 aromatic carbocycles. The summed E-state index contributed by atoms with van der Waals surface area (Å²) in [6.07, 6.45) is -1.25. The molecule has 1 heterocycles. The number of rotatable bonds is 1. The van der Waals surface area contributed by atoms with Crippen molar-refractivity contribution in [2.75, 3.05) is 4.31 Å². The van der Waals surface area contributed by atoms with E-state index in [9.17, 15) is 13.5 Å². The molecule has 2 aromatic rings. The Kier molecular flexibility index (Phi) is 2.78. The monoisotopic (exact) mass is 295 g/mol. The van der Waals surface area contributed by atoms with Crippen molar-refractivity contribution in [3.63, 3.8) is 0 Å². The highest BCUT2D eigenvalue weighted by Crippen LogP contribution is 2.43. The lowest BCUT2D eigenvalue weighted by molar-refractivity contribution is 0.193. The summed E-state index contributed by atoms with van der Waals surface area (Å²) < 4.78 is 26.0. The van der Waals surface area contributed by atoms with Crippen molar-refractivity contribution < 1.29 is 13.5 Å². The van der Waals surface area contributed by atoms with Gasteiger partial charge in [0.15, 0.2) is 6.23 Å². The average Bonchev–Trinajstić information content (AvgIpc) is 2.59. The van der Waals surface area contributed by atoms with Gasteiger partial charge < -0.3 is 5.11 Å². The van der Waals surface area contributed by atoms with E-state index in [-0.39, 0.29) is 9.92 Å². The Balaban J connectivity index is 2.25. The molecule has 1 atom stereocenters. The Bertz CT molecular complexity index is 731. The number of halogens is 1. The topological polar surface area (TPSA) is 57.6 Å². The summed E-state index contributed by atoms with van der Waals surface area (Å²) in [6.45, 7) is 0.